The molecular weight excluding hydrogens is 581 g/mol. The number of aromatic nitrogens is 1. The zero-order chi connectivity index (χ0) is 31.2. The first-order valence-electron chi connectivity index (χ1n) is 16.3. The fourth-order valence-corrected chi connectivity index (χ4v) is 10.4. The molecule has 4 aliphatic rings. The molecule has 1 saturated carbocycles. The van der Waals surface area contributed by atoms with Gasteiger partial charge in [0, 0.05) is 36.4 Å². The third-order valence-corrected chi connectivity index (χ3v) is 12.3. The van der Waals surface area contributed by atoms with Crippen molar-refractivity contribution in [2.24, 2.45) is 17.1 Å². The SMILES string of the molecule is CC1(C)Cc2c(c3c(n2-c2cc(F)c(C(N)=O)c(N[C@H]4CC[C@H](C(=O)NCCN5CCCCC5)CC4)c2)CCC3)S(=O)(=O)C1. The minimum absolute atomic E-state index is 0.0521. The smallest absolute Gasteiger partial charge is 0.253 e. The third-order valence-electron chi connectivity index (χ3n) is 10.0. The van der Waals surface area contributed by atoms with Gasteiger partial charge in [-0.2, -0.15) is 0 Å². The van der Waals surface area contributed by atoms with Gasteiger partial charge in [0.1, 0.15) is 5.82 Å². The number of hydrogen-bond acceptors (Lipinski definition) is 6. The average molecular weight is 628 g/mol. The van der Waals surface area contributed by atoms with Crippen molar-refractivity contribution in [1.82, 2.24) is 14.8 Å². The van der Waals surface area contributed by atoms with Crippen molar-refractivity contribution >= 4 is 27.3 Å². The molecule has 1 saturated heterocycles. The van der Waals surface area contributed by atoms with Crippen LogP contribution >= 0.6 is 0 Å². The van der Waals surface area contributed by atoms with Gasteiger partial charge in [-0.15, -0.1) is 0 Å². The highest BCUT2D eigenvalue weighted by atomic mass is 32.2. The first kappa shape index (κ1) is 31.1. The number of piperidine rings is 1. The number of primary amides is 1. The van der Waals surface area contributed by atoms with Crippen LogP contribution in [0.25, 0.3) is 5.69 Å². The number of likely N-dealkylation sites (tertiary alicyclic amines) is 1. The highest BCUT2D eigenvalue weighted by Gasteiger charge is 2.42. The molecule has 1 aromatic heterocycles. The van der Waals surface area contributed by atoms with Crippen molar-refractivity contribution in [1.29, 1.82) is 0 Å². The maximum Gasteiger partial charge on any atom is 0.253 e. The Hall–Kier alpha value is -2.92. The van der Waals surface area contributed by atoms with E-state index in [1.807, 2.05) is 18.4 Å². The van der Waals surface area contributed by atoms with E-state index in [0.29, 0.717) is 73.5 Å². The zero-order valence-corrected chi connectivity index (χ0v) is 26.8. The number of nitrogens with zero attached hydrogens (tertiary/aromatic N) is 2. The van der Waals surface area contributed by atoms with E-state index in [1.54, 1.807) is 6.07 Å². The predicted molar refractivity (Wildman–Crippen MR) is 168 cm³/mol. The summed E-state index contributed by atoms with van der Waals surface area (Å²) in [6.07, 6.45) is 9.35. The second-order valence-electron chi connectivity index (χ2n) is 14.1. The van der Waals surface area contributed by atoms with Gasteiger partial charge in [0.05, 0.1) is 27.6 Å². The second-order valence-corrected chi connectivity index (χ2v) is 16.0. The van der Waals surface area contributed by atoms with Crippen LogP contribution in [0.2, 0.25) is 0 Å². The molecule has 11 heteroatoms. The highest BCUT2D eigenvalue weighted by Crippen LogP contribution is 2.45. The molecule has 0 bridgehead atoms. The number of carbonyl (C=O) groups is 2. The maximum absolute atomic E-state index is 15.7. The molecular formula is C33H46FN5O4S. The Morgan fingerprint density at radius 2 is 1.75 bits per heavy atom. The summed E-state index contributed by atoms with van der Waals surface area (Å²) in [6.45, 7) is 7.66. The molecule has 2 amide bonds. The molecule has 0 atom stereocenters. The summed E-state index contributed by atoms with van der Waals surface area (Å²) < 4.78 is 44.5. The van der Waals surface area contributed by atoms with Gasteiger partial charge in [-0.1, -0.05) is 20.3 Å². The Morgan fingerprint density at radius 1 is 1.02 bits per heavy atom. The number of carbonyl (C=O) groups excluding carboxylic acids is 2. The summed E-state index contributed by atoms with van der Waals surface area (Å²) in [5.41, 5.74) is 8.30. The van der Waals surface area contributed by atoms with Crippen molar-refractivity contribution < 1.29 is 22.4 Å². The lowest BCUT2D eigenvalue weighted by Crippen LogP contribution is -2.41. The highest BCUT2D eigenvalue weighted by molar-refractivity contribution is 7.91. The van der Waals surface area contributed by atoms with E-state index >= 15 is 4.39 Å². The van der Waals surface area contributed by atoms with Crippen molar-refractivity contribution in [3.63, 3.8) is 0 Å². The lowest BCUT2D eigenvalue weighted by atomic mass is 9.85. The van der Waals surface area contributed by atoms with Gasteiger partial charge in [-0.3, -0.25) is 9.59 Å². The first-order valence-corrected chi connectivity index (χ1v) is 18.0. The molecule has 3 heterocycles. The maximum atomic E-state index is 15.7. The molecule has 2 aliphatic heterocycles. The van der Waals surface area contributed by atoms with Crippen LogP contribution in [0.1, 0.15) is 92.5 Å². The van der Waals surface area contributed by atoms with E-state index in [1.165, 1.54) is 25.3 Å². The number of anilines is 1. The topological polar surface area (TPSA) is 127 Å². The van der Waals surface area contributed by atoms with Gasteiger partial charge >= 0.3 is 0 Å². The predicted octanol–water partition coefficient (Wildman–Crippen LogP) is 4.13. The number of halogens is 1. The van der Waals surface area contributed by atoms with Crippen LogP contribution in [0.5, 0.6) is 0 Å². The molecule has 2 aromatic rings. The fourth-order valence-electron chi connectivity index (χ4n) is 8.06. The van der Waals surface area contributed by atoms with Crippen LogP contribution in [0.3, 0.4) is 0 Å². The molecule has 240 valence electrons. The normalized spacial score (nSPS) is 24.3. The largest absolute Gasteiger partial charge is 0.382 e. The molecule has 9 nitrogen and oxygen atoms in total. The number of hydrogen-bond donors (Lipinski definition) is 3. The van der Waals surface area contributed by atoms with Crippen molar-refractivity contribution in [2.45, 2.75) is 95.4 Å². The van der Waals surface area contributed by atoms with Gasteiger partial charge in [-0.05, 0) is 100 Å². The van der Waals surface area contributed by atoms with Gasteiger partial charge in [-0.25, -0.2) is 12.8 Å². The second kappa shape index (κ2) is 12.1. The van der Waals surface area contributed by atoms with Gasteiger partial charge in [0.25, 0.3) is 5.91 Å². The Kier molecular flexibility index (Phi) is 8.56. The minimum Gasteiger partial charge on any atom is -0.382 e. The Balaban J connectivity index is 1.21. The number of fused-ring (bicyclic) bond motifs is 3. The number of sulfone groups is 1. The van der Waals surface area contributed by atoms with Crippen molar-refractivity contribution in [3.8, 4) is 5.69 Å². The standard InChI is InChI=1S/C33H46FN5O4S/c1-33(2)19-28-30(44(42,43)20-33)24-7-6-8-27(24)39(28)23-17-25(34)29(31(35)40)26(18-23)37-22-11-9-21(10-12-22)32(41)36-13-16-38-14-4-3-5-15-38/h17-18,21-22,37H,3-16,19-20H2,1-2H3,(H2,35,40)(H,36,41)/t21-,22-. The molecule has 4 N–H and O–H groups in total. The summed E-state index contributed by atoms with van der Waals surface area (Å²) in [5.74, 6) is -1.47. The molecule has 1 aromatic carbocycles. The summed E-state index contributed by atoms with van der Waals surface area (Å²) in [4.78, 5) is 28.1. The molecule has 0 spiro atoms. The molecule has 44 heavy (non-hydrogen) atoms. The Bertz CT molecular complexity index is 1550. The molecule has 2 fully saturated rings. The lowest BCUT2D eigenvalue weighted by molar-refractivity contribution is -0.126. The lowest BCUT2D eigenvalue weighted by Gasteiger charge is -2.31. The van der Waals surface area contributed by atoms with Crippen LogP contribution < -0.4 is 16.4 Å². The Morgan fingerprint density at radius 3 is 2.45 bits per heavy atom. The summed E-state index contributed by atoms with van der Waals surface area (Å²) >= 11 is 0. The van der Waals surface area contributed by atoms with Crippen LogP contribution in [-0.2, 0) is 33.9 Å². The van der Waals surface area contributed by atoms with Crippen LogP contribution in [-0.4, -0.2) is 67.7 Å². The van der Waals surface area contributed by atoms with Gasteiger partial charge in [0.15, 0.2) is 9.84 Å². The van der Waals surface area contributed by atoms with Crippen molar-refractivity contribution in [2.75, 3.05) is 37.2 Å². The zero-order valence-electron chi connectivity index (χ0n) is 26.0. The first-order chi connectivity index (χ1) is 20.9. The summed E-state index contributed by atoms with van der Waals surface area (Å²) in [6, 6.07) is 3.00. The molecule has 0 unspecified atom stereocenters. The van der Waals surface area contributed by atoms with Crippen LogP contribution in [0, 0.1) is 17.2 Å². The Labute approximate surface area is 260 Å². The summed E-state index contributed by atoms with van der Waals surface area (Å²) in [5, 5.41) is 6.51. The monoisotopic (exact) mass is 627 g/mol. The average Bonchev–Trinajstić information content (AvgIpc) is 3.52. The van der Waals surface area contributed by atoms with Gasteiger partial charge < -0.3 is 25.8 Å². The number of nitrogens with two attached hydrogens (primary N) is 1. The van der Waals surface area contributed by atoms with Crippen LogP contribution in [0.4, 0.5) is 10.1 Å². The molecule has 0 radical (unpaired) electrons. The van der Waals surface area contributed by atoms with E-state index in [2.05, 4.69) is 15.5 Å². The summed E-state index contributed by atoms with van der Waals surface area (Å²) in [7, 11) is -3.49. The van der Waals surface area contributed by atoms with E-state index in [-0.39, 0.29) is 29.2 Å². The molecule has 2 aliphatic carbocycles. The van der Waals surface area contributed by atoms with Crippen molar-refractivity contribution in [3.05, 3.63) is 40.5 Å². The van der Waals surface area contributed by atoms with E-state index in [0.717, 1.165) is 37.3 Å². The fraction of sp³-hybridized carbons (Fsp3) is 0.636. The number of benzene rings is 1. The minimum atomic E-state index is -3.49. The third kappa shape index (κ3) is 6.14. The quantitative estimate of drug-likeness (QED) is 0.404. The van der Waals surface area contributed by atoms with E-state index < -0.39 is 27.0 Å². The number of amides is 2. The van der Waals surface area contributed by atoms with E-state index in [4.69, 9.17) is 5.73 Å². The number of rotatable bonds is 8. The molecule has 6 rings (SSSR count). The van der Waals surface area contributed by atoms with Crippen LogP contribution in [0.15, 0.2) is 17.0 Å². The number of nitrogens with one attached hydrogen (secondary N) is 2. The van der Waals surface area contributed by atoms with E-state index in [9.17, 15) is 18.0 Å². The van der Waals surface area contributed by atoms with Gasteiger partial charge in [0.2, 0.25) is 5.91 Å².